The Bertz CT molecular complexity index is 516. The molecule has 7 heteroatoms. The molecule has 2 rings (SSSR count). The Morgan fingerprint density at radius 3 is 2.90 bits per heavy atom. The van der Waals surface area contributed by atoms with Gasteiger partial charge in [0.15, 0.2) is 0 Å². The predicted octanol–water partition coefficient (Wildman–Crippen LogP) is 0.627. The standard InChI is InChI=1S/C13H16ClN3O3/c1-15-12(18)9-6-8(2-3-10(9)14)17-13(19)11-7-20-5-4-16-11/h2-3,6,11,16H,4-5,7H2,1H3,(H,15,18)(H,17,19). The molecule has 20 heavy (non-hydrogen) atoms. The molecular formula is C13H16ClN3O3. The fourth-order valence-corrected chi connectivity index (χ4v) is 2.08. The number of nitrogens with one attached hydrogen (secondary N) is 3. The van der Waals surface area contributed by atoms with E-state index in [1.165, 1.54) is 7.05 Å². The molecule has 0 aliphatic carbocycles. The number of hydrogen-bond donors (Lipinski definition) is 3. The van der Waals surface area contributed by atoms with Gasteiger partial charge in [-0.25, -0.2) is 0 Å². The van der Waals surface area contributed by atoms with Gasteiger partial charge in [0.05, 0.1) is 23.8 Å². The summed E-state index contributed by atoms with van der Waals surface area (Å²) in [6, 6.07) is 4.38. The number of halogens is 1. The summed E-state index contributed by atoms with van der Waals surface area (Å²) >= 11 is 5.95. The highest BCUT2D eigenvalue weighted by atomic mass is 35.5. The zero-order valence-corrected chi connectivity index (χ0v) is 11.8. The van der Waals surface area contributed by atoms with Crippen LogP contribution in [0.2, 0.25) is 5.02 Å². The molecule has 1 aliphatic heterocycles. The number of morpholine rings is 1. The van der Waals surface area contributed by atoms with E-state index in [2.05, 4.69) is 16.0 Å². The average molecular weight is 298 g/mol. The van der Waals surface area contributed by atoms with Crippen LogP contribution in [0.15, 0.2) is 18.2 Å². The molecule has 0 spiro atoms. The second-order valence-corrected chi connectivity index (χ2v) is 4.75. The molecule has 1 aliphatic rings. The SMILES string of the molecule is CNC(=O)c1cc(NC(=O)C2COCCN2)ccc1Cl. The van der Waals surface area contributed by atoms with Crippen LogP contribution in [0.4, 0.5) is 5.69 Å². The van der Waals surface area contributed by atoms with Gasteiger partial charge in [-0.05, 0) is 18.2 Å². The smallest absolute Gasteiger partial charge is 0.252 e. The molecule has 1 atom stereocenters. The van der Waals surface area contributed by atoms with Crippen molar-refractivity contribution in [3.05, 3.63) is 28.8 Å². The van der Waals surface area contributed by atoms with Gasteiger partial charge in [0.2, 0.25) is 5.91 Å². The van der Waals surface area contributed by atoms with Crippen molar-refractivity contribution < 1.29 is 14.3 Å². The highest BCUT2D eigenvalue weighted by Gasteiger charge is 2.21. The van der Waals surface area contributed by atoms with Crippen LogP contribution in [0.3, 0.4) is 0 Å². The van der Waals surface area contributed by atoms with E-state index in [0.29, 0.717) is 36.0 Å². The molecule has 108 valence electrons. The summed E-state index contributed by atoms with van der Waals surface area (Å²) in [5, 5.41) is 8.63. The van der Waals surface area contributed by atoms with Gasteiger partial charge in [0, 0.05) is 19.3 Å². The van der Waals surface area contributed by atoms with Crippen molar-refractivity contribution in [1.82, 2.24) is 10.6 Å². The van der Waals surface area contributed by atoms with E-state index in [9.17, 15) is 9.59 Å². The molecule has 3 N–H and O–H groups in total. The third-order valence-corrected chi connectivity index (χ3v) is 3.27. The molecule has 0 saturated carbocycles. The molecule has 0 aromatic heterocycles. The number of amides is 2. The number of ether oxygens (including phenoxy) is 1. The number of anilines is 1. The minimum absolute atomic E-state index is 0.199. The lowest BCUT2D eigenvalue weighted by atomic mass is 10.1. The fourth-order valence-electron chi connectivity index (χ4n) is 1.87. The van der Waals surface area contributed by atoms with Crippen molar-refractivity contribution >= 4 is 29.1 Å². The van der Waals surface area contributed by atoms with Crippen LogP contribution in [0.1, 0.15) is 10.4 Å². The van der Waals surface area contributed by atoms with Gasteiger partial charge >= 0.3 is 0 Å². The van der Waals surface area contributed by atoms with Gasteiger partial charge in [-0.2, -0.15) is 0 Å². The second-order valence-electron chi connectivity index (χ2n) is 4.34. The maximum atomic E-state index is 12.0. The quantitative estimate of drug-likeness (QED) is 0.764. The van der Waals surface area contributed by atoms with Gasteiger partial charge in [-0.3, -0.25) is 9.59 Å². The third kappa shape index (κ3) is 3.47. The normalized spacial score (nSPS) is 18.4. The molecule has 1 unspecified atom stereocenters. The first-order valence-electron chi connectivity index (χ1n) is 6.25. The Morgan fingerprint density at radius 1 is 1.45 bits per heavy atom. The van der Waals surface area contributed by atoms with Crippen molar-refractivity contribution in [1.29, 1.82) is 0 Å². The summed E-state index contributed by atoms with van der Waals surface area (Å²) in [6.07, 6.45) is 0. The summed E-state index contributed by atoms with van der Waals surface area (Å²) in [5.41, 5.74) is 0.838. The van der Waals surface area contributed by atoms with Crippen LogP contribution >= 0.6 is 11.6 Å². The monoisotopic (exact) mass is 297 g/mol. The third-order valence-electron chi connectivity index (χ3n) is 2.94. The van der Waals surface area contributed by atoms with Crippen molar-refractivity contribution in [2.24, 2.45) is 0 Å². The number of hydrogen-bond acceptors (Lipinski definition) is 4. The summed E-state index contributed by atoms with van der Waals surface area (Å²) in [5.74, 6) is -0.500. The van der Waals surface area contributed by atoms with Crippen molar-refractivity contribution in [2.45, 2.75) is 6.04 Å². The Balaban J connectivity index is 2.09. The van der Waals surface area contributed by atoms with Gasteiger partial charge in [-0.15, -0.1) is 0 Å². The number of rotatable bonds is 3. The Morgan fingerprint density at radius 2 is 2.25 bits per heavy atom. The second kappa shape index (κ2) is 6.69. The van der Waals surface area contributed by atoms with Crippen LogP contribution in [-0.2, 0) is 9.53 Å². The summed E-state index contributed by atoms with van der Waals surface area (Å²) in [7, 11) is 1.52. The molecule has 1 saturated heterocycles. The Labute approximate surface area is 121 Å². The van der Waals surface area contributed by atoms with E-state index in [1.54, 1.807) is 18.2 Å². The Hall–Kier alpha value is -1.63. The van der Waals surface area contributed by atoms with E-state index >= 15 is 0 Å². The number of carbonyl (C=O) groups excluding carboxylic acids is 2. The molecular weight excluding hydrogens is 282 g/mol. The molecule has 1 aromatic carbocycles. The molecule has 1 heterocycles. The van der Waals surface area contributed by atoms with E-state index in [4.69, 9.17) is 16.3 Å². The van der Waals surface area contributed by atoms with Crippen molar-refractivity contribution in [3.8, 4) is 0 Å². The first-order valence-corrected chi connectivity index (χ1v) is 6.63. The summed E-state index contributed by atoms with van der Waals surface area (Å²) in [6.45, 7) is 1.58. The van der Waals surface area contributed by atoms with Crippen molar-refractivity contribution in [3.63, 3.8) is 0 Å². The van der Waals surface area contributed by atoms with E-state index in [-0.39, 0.29) is 17.9 Å². The van der Waals surface area contributed by atoms with Gasteiger partial charge in [-0.1, -0.05) is 11.6 Å². The number of carbonyl (C=O) groups is 2. The maximum Gasteiger partial charge on any atom is 0.252 e. The van der Waals surface area contributed by atoms with Crippen LogP contribution in [0.5, 0.6) is 0 Å². The zero-order valence-electron chi connectivity index (χ0n) is 11.0. The lowest BCUT2D eigenvalue weighted by Gasteiger charge is -2.23. The fraction of sp³-hybridized carbons (Fsp3) is 0.385. The number of benzene rings is 1. The molecule has 0 bridgehead atoms. The lowest BCUT2D eigenvalue weighted by molar-refractivity contribution is -0.120. The van der Waals surface area contributed by atoms with E-state index in [0.717, 1.165) is 0 Å². The van der Waals surface area contributed by atoms with Crippen LogP contribution in [0, 0.1) is 0 Å². The lowest BCUT2D eigenvalue weighted by Crippen LogP contribution is -2.48. The zero-order chi connectivity index (χ0) is 14.5. The van der Waals surface area contributed by atoms with E-state index in [1.807, 2.05) is 0 Å². The minimum Gasteiger partial charge on any atom is -0.378 e. The van der Waals surface area contributed by atoms with E-state index < -0.39 is 0 Å². The predicted molar refractivity (Wildman–Crippen MR) is 76.1 cm³/mol. The topological polar surface area (TPSA) is 79.5 Å². The summed E-state index contributed by atoms with van der Waals surface area (Å²) < 4.78 is 5.23. The maximum absolute atomic E-state index is 12.0. The van der Waals surface area contributed by atoms with Crippen LogP contribution in [-0.4, -0.2) is 44.7 Å². The molecule has 1 aromatic rings. The van der Waals surface area contributed by atoms with Crippen LogP contribution < -0.4 is 16.0 Å². The highest BCUT2D eigenvalue weighted by molar-refractivity contribution is 6.34. The molecule has 0 radical (unpaired) electrons. The highest BCUT2D eigenvalue weighted by Crippen LogP contribution is 2.20. The molecule has 2 amide bonds. The first-order chi connectivity index (χ1) is 9.61. The average Bonchev–Trinajstić information content (AvgIpc) is 2.49. The Kier molecular flexibility index (Phi) is 4.94. The largest absolute Gasteiger partial charge is 0.378 e. The van der Waals surface area contributed by atoms with Gasteiger partial charge in [0.1, 0.15) is 6.04 Å². The minimum atomic E-state index is -0.386. The van der Waals surface area contributed by atoms with Crippen LogP contribution in [0.25, 0.3) is 0 Å². The molecule has 6 nitrogen and oxygen atoms in total. The first kappa shape index (κ1) is 14.8. The molecule has 1 fully saturated rings. The summed E-state index contributed by atoms with van der Waals surface area (Å²) in [4.78, 5) is 23.6. The van der Waals surface area contributed by atoms with Gasteiger partial charge < -0.3 is 20.7 Å². The van der Waals surface area contributed by atoms with Crippen molar-refractivity contribution in [2.75, 3.05) is 32.1 Å². The van der Waals surface area contributed by atoms with Gasteiger partial charge in [0.25, 0.3) is 5.91 Å².